The van der Waals surface area contributed by atoms with Crippen molar-refractivity contribution in [3.8, 4) is 0 Å². The van der Waals surface area contributed by atoms with E-state index >= 15 is 0 Å². The molecule has 3 aromatic rings. The predicted octanol–water partition coefficient (Wildman–Crippen LogP) is 7.20. The van der Waals surface area contributed by atoms with E-state index in [0.29, 0.717) is 60.0 Å². The molecule has 1 saturated heterocycles. The number of amides is 5. The molecule has 3 heterocycles. The van der Waals surface area contributed by atoms with Crippen molar-refractivity contribution in [1.29, 1.82) is 0 Å². The second-order valence-corrected chi connectivity index (χ2v) is 23.1. The number of piperidine rings is 1. The lowest BCUT2D eigenvalue weighted by atomic mass is 9.99. The molecule has 86 heavy (non-hydrogen) atoms. The van der Waals surface area contributed by atoms with Crippen LogP contribution in [0.4, 0.5) is 5.82 Å². The monoisotopic (exact) mass is 1270 g/mol. The number of aromatic nitrogens is 3. The summed E-state index contributed by atoms with van der Waals surface area (Å²) >= 11 is 3.36. The topological polar surface area (TPSA) is 291 Å². The molecule has 2 fully saturated rings. The SMILES string of the molecule is COC(=O)CCCCCCCCCCCCCCCCC(=O)N[C@@H](CCC(=O)NCCOCCOCC(=O)CCCOCCOCC(=O)NC[C@@]12C[C@@H](C(=O)Nc3nc(Br)ccc3C)N(C(=O)Cn3nc(C(C)=O)c4ccccc43)[C@@H]1C2)C(=O)OC. The Kier molecular flexibility index (Phi) is 31.9. The highest BCUT2D eigenvalue weighted by Crippen LogP contribution is 2.59. The summed E-state index contributed by atoms with van der Waals surface area (Å²) in [6, 6.07) is 8.67. The number of Topliss-reactive ketones (excluding diaryl/α,β-unsaturated/α-hetero) is 2. The summed E-state index contributed by atoms with van der Waals surface area (Å²) < 4.78 is 33.6. The minimum Gasteiger partial charge on any atom is -0.469 e. The number of ketones is 2. The smallest absolute Gasteiger partial charge is 0.328 e. The predicted molar refractivity (Wildman–Crippen MR) is 324 cm³/mol. The van der Waals surface area contributed by atoms with Crippen molar-refractivity contribution in [2.75, 3.05) is 85.5 Å². The molecule has 4 atom stereocenters. The Labute approximate surface area is 513 Å². The Morgan fingerprint density at radius 2 is 1.29 bits per heavy atom. The van der Waals surface area contributed by atoms with Crippen molar-refractivity contribution >= 4 is 85.7 Å². The summed E-state index contributed by atoms with van der Waals surface area (Å²) in [5.74, 6) is -2.33. The van der Waals surface area contributed by atoms with Crippen molar-refractivity contribution in [2.24, 2.45) is 5.41 Å². The molecule has 0 unspecified atom stereocenters. The van der Waals surface area contributed by atoms with Gasteiger partial charge < -0.3 is 54.6 Å². The maximum atomic E-state index is 14.2. The number of likely N-dealkylation sites (tertiary alicyclic amines) is 1. The number of esters is 2. The minimum absolute atomic E-state index is 0.00981. The molecule has 2 aromatic heterocycles. The molecule has 0 bridgehead atoms. The van der Waals surface area contributed by atoms with Crippen LogP contribution in [-0.4, -0.2) is 171 Å². The number of unbranched alkanes of at least 4 members (excludes halogenated alkanes) is 13. The Morgan fingerprint density at radius 3 is 1.95 bits per heavy atom. The average molecular weight is 1270 g/mol. The molecular formula is C62H91BrN8O15. The number of para-hydroxylation sites is 1. The zero-order chi connectivity index (χ0) is 62.1. The van der Waals surface area contributed by atoms with Gasteiger partial charge in [0, 0.05) is 69.1 Å². The molecule has 476 valence electrons. The fourth-order valence-electron chi connectivity index (χ4n) is 10.6. The van der Waals surface area contributed by atoms with Gasteiger partial charge in [0.2, 0.25) is 29.5 Å². The van der Waals surface area contributed by atoms with Gasteiger partial charge in [-0.3, -0.25) is 43.0 Å². The van der Waals surface area contributed by atoms with Crippen molar-refractivity contribution in [1.82, 2.24) is 35.6 Å². The number of pyridine rings is 1. The normalized spacial score (nSPS) is 16.3. The number of benzene rings is 1. The number of carbonyl (C=O) groups is 9. The molecule has 23 nitrogen and oxygen atoms in total. The van der Waals surface area contributed by atoms with Crippen LogP contribution in [0.5, 0.6) is 0 Å². The number of methoxy groups -OCH3 is 2. The van der Waals surface area contributed by atoms with Gasteiger partial charge in [-0.05, 0) is 79.1 Å². The first-order valence-electron chi connectivity index (χ1n) is 30.6. The third kappa shape index (κ3) is 24.9. The number of carbonyl (C=O) groups excluding carboxylic acids is 9. The van der Waals surface area contributed by atoms with Gasteiger partial charge in [-0.2, -0.15) is 5.10 Å². The lowest BCUT2D eigenvalue weighted by molar-refractivity contribution is -0.145. The van der Waals surface area contributed by atoms with Crippen molar-refractivity contribution in [3.05, 3.63) is 52.3 Å². The number of hydrogen-bond donors (Lipinski definition) is 4. The molecule has 2 aliphatic rings. The summed E-state index contributed by atoms with van der Waals surface area (Å²) in [6.45, 7) is 4.48. The first-order chi connectivity index (χ1) is 41.5. The zero-order valence-corrected chi connectivity index (χ0v) is 52.4. The second-order valence-electron chi connectivity index (χ2n) is 22.3. The lowest BCUT2D eigenvalue weighted by Crippen LogP contribution is -2.47. The minimum atomic E-state index is -0.919. The third-order valence-electron chi connectivity index (χ3n) is 15.5. The summed E-state index contributed by atoms with van der Waals surface area (Å²) in [6.07, 6.45) is 18.2. The molecule has 4 N–H and O–H groups in total. The summed E-state index contributed by atoms with van der Waals surface area (Å²) in [5, 5.41) is 16.4. The van der Waals surface area contributed by atoms with E-state index in [1.54, 1.807) is 35.2 Å². The number of aryl methyl sites for hydroxylation is 1. The maximum absolute atomic E-state index is 14.2. The van der Waals surface area contributed by atoms with Gasteiger partial charge in [-0.25, -0.2) is 9.78 Å². The molecule has 1 aliphatic heterocycles. The van der Waals surface area contributed by atoms with Gasteiger partial charge in [-0.15, -0.1) is 0 Å². The van der Waals surface area contributed by atoms with E-state index in [9.17, 15) is 43.2 Å². The van der Waals surface area contributed by atoms with Crippen molar-refractivity contribution < 1.29 is 71.6 Å². The number of nitrogens with zero attached hydrogens (tertiary/aromatic N) is 4. The largest absolute Gasteiger partial charge is 0.469 e. The second kappa shape index (κ2) is 38.8. The molecule has 1 aromatic carbocycles. The van der Waals surface area contributed by atoms with E-state index in [2.05, 4.69) is 52.0 Å². The van der Waals surface area contributed by atoms with Gasteiger partial charge in [0.1, 0.15) is 48.0 Å². The Balaban J connectivity index is 0.838. The number of hydrogen-bond acceptors (Lipinski definition) is 17. The molecule has 1 aliphatic carbocycles. The first kappa shape index (κ1) is 70.6. The van der Waals surface area contributed by atoms with E-state index in [0.717, 1.165) is 44.1 Å². The number of nitrogens with one attached hydrogen (secondary N) is 4. The van der Waals surface area contributed by atoms with Crippen LogP contribution in [0.25, 0.3) is 10.9 Å². The molecule has 5 rings (SSSR count). The van der Waals surface area contributed by atoms with Crippen LogP contribution in [0.15, 0.2) is 41.0 Å². The molecule has 24 heteroatoms. The molecule has 0 spiro atoms. The van der Waals surface area contributed by atoms with Crippen LogP contribution in [0.1, 0.15) is 164 Å². The molecular weight excluding hydrogens is 1180 g/mol. The van der Waals surface area contributed by atoms with E-state index < -0.39 is 29.4 Å². The number of halogens is 1. The van der Waals surface area contributed by atoms with Crippen molar-refractivity contribution in [3.63, 3.8) is 0 Å². The lowest BCUT2D eigenvalue weighted by Gasteiger charge is -2.27. The van der Waals surface area contributed by atoms with Gasteiger partial charge >= 0.3 is 11.9 Å². The van der Waals surface area contributed by atoms with Gasteiger partial charge in [-0.1, -0.05) is 101 Å². The average Bonchev–Trinajstić information content (AvgIpc) is 1.55. The van der Waals surface area contributed by atoms with Gasteiger partial charge in [0.05, 0.1) is 52.8 Å². The summed E-state index contributed by atoms with van der Waals surface area (Å²) in [5.41, 5.74) is 1.10. The third-order valence-corrected chi connectivity index (χ3v) is 16.0. The van der Waals surface area contributed by atoms with E-state index in [1.165, 1.54) is 77.2 Å². The van der Waals surface area contributed by atoms with Crippen LogP contribution in [0.3, 0.4) is 0 Å². The highest BCUT2D eigenvalue weighted by atomic mass is 79.9. The van der Waals surface area contributed by atoms with E-state index in [-0.39, 0.29) is 138 Å². The van der Waals surface area contributed by atoms with E-state index in [1.807, 2.05) is 13.0 Å². The van der Waals surface area contributed by atoms with Crippen LogP contribution in [0.2, 0.25) is 0 Å². The maximum Gasteiger partial charge on any atom is 0.328 e. The number of anilines is 1. The number of fused-ring (bicyclic) bond motifs is 2. The van der Waals surface area contributed by atoms with Crippen LogP contribution in [-0.2, 0) is 73.3 Å². The van der Waals surface area contributed by atoms with Gasteiger partial charge in [0.15, 0.2) is 11.6 Å². The van der Waals surface area contributed by atoms with Crippen LogP contribution in [0, 0.1) is 12.3 Å². The standard InChI is InChI=1S/C62H91BrN8O15/c1-44-27-29-52(63)67-59(44)68-60(79)50-38-62(39-51(62)71(50)56(77)40-70-49-24-20-19-23-47(49)58(69-70)45(2)72)43-65-55(76)42-86-37-34-83-32-21-22-46(73)41-85-36-35-84-33-31-64-53(74)30-28-48(61(80)82-4)66-54(75)25-17-15-13-11-9-7-5-6-8-10-12-14-16-18-26-57(78)81-3/h19-20,23-24,27,29,48,50-51H,5-18,21-22,25-26,28,30-43H2,1-4H3,(H,64,74)(H,65,76)(H,66,75)(H,67,68,79)/t48-,50-,51+,62-/m0/s1. The Morgan fingerprint density at radius 1 is 0.663 bits per heavy atom. The highest BCUT2D eigenvalue weighted by molar-refractivity contribution is 9.10. The fraction of sp³-hybridized carbons (Fsp3) is 0.661. The highest BCUT2D eigenvalue weighted by Gasteiger charge is 2.67. The number of rotatable bonds is 46. The fourth-order valence-corrected chi connectivity index (χ4v) is 10.9. The first-order valence-corrected chi connectivity index (χ1v) is 31.4. The summed E-state index contributed by atoms with van der Waals surface area (Å²) in [4.78, 5) is 120. The molecule has 0 radical (unpaired) electrons. The number of ether oxygens (including phenoxy) is 6. The zero-order valence-electron chi connectivity index (χ0n) is 50.8. The quantitative estimate of drug-likeness (QED) is 0.0188. The van der Waals surface area contributed by atoms with E-state index in [4.69, 9.17) is 23.7 Å². The Bertz CT molecular complexity index is 2690. The van der Waals surface area contributed by atoms with Crippen LogP contribution >= 0.6 is 15.9 Å². The Hall–Kier alpha value is -6.21. The summed E-state index contributed by atoms with van der Waals surface area (Å²) in [7, 11) is 2.67. The van der Waals surface area contributed by atoms with Gasteiger partial charge in [0.25, 0.3) is 0 Å². The van der Waals surface area contributed by atoms with Crippen molar-refractivity contribution in [2.45, 2.75) is 180 Å². The van der Waals surface area contributed by atoms with Crippen LogP contribution < -0.4 is 21.3 Å². The molecule has 1 saturated carbocycles. The molecule has 5 amide bonds.